The number of carbonyl (C=O) groups excluding carboxylic acids is 1. The molecule has 0 aromatic heterocycles. The summed E-state index contributed by atoms with van der Waals surface area (Å²) in [4.78, 5) is 11.0. The van der Waals surface area contributed by atoms with E-state index in [4.69, 9.17) is 11.5 Å². The van der Waals surface area contributed by atoms with E-state index >= 15 is 0 Å². The van der Waals surface area contributed by atoms with Crippen LogP contribution in [0.3, 0.4) is 0 Å². The van der Waals surface area contributed by atoms with Crippen molar-refractivity contribution in [2.75, 3.05) is 11.1 Å². The summed E-state index contributed by atoms with van der Waals surface area (Å²) in [7, 11) is 0. The topological polar surface area (TPSA) is 81.1 Å². The van der Waals surface area contributed by atoms with Crippen LogP contribution in [0.2, 0.25) is 0 Å². The van der Waals surface area contributed by atoms with E-state index in [-0.39, 0.29) is 5.82 Å². The molecule has 2 aromatic rings. The average Bonchev–Trinajstić information content (AvgIpc) is 2.30. The number of hydrogen-bond acceptors (Lipinski definition) is 3. The van der Waals surface area contributed by atoms with Crippen LogP contribution < -0.4 is 16.8 Å². The van der Waals surface area contributed by atoms with E-state index in [0.717, 1.165) is 5.56 Å². The Morgan fingerprint density at radius 3 is 2.53 bits per heavy atom. The number of rotatable bonds is 3. The second kappa shape index (κ2) is 4.97. The first-order valence-electron chi connectivity index (χ1n) is 5.69. The highest BCUT2D eigenvalue weighted by Crippen LogP contribution is 2.25. The smallest absolute Gasteiger partial charge is 0.248 e. The van der Waals surface area contributed by atoms with Gasteiger partial charge in [-0.2, -0.15) is 0 Å². The Hall–Kier alpha value is -2.56. The Bertz CT molecular complexity index is 620. The number of aryl methyl sites for hydroxylation is 1. The molecule has 5 heteroatoms. The summed E-state index contributed by atoms with van der Waals surface area (Å²) in [6, 6.07) is 9.28. The molecule has 0 radical (unpaired) electrons. The maximum Gasteiger partial charge on any atom is 0.248 e. The van der Waals surface area contributed by atoms with E-state index in [1.165, 1.54) is 18.2 Å². The Morgan fingerprint density at radius 1 is 1.21 bits per heavy atom. The maximum absolute atomic E-state index is 13.3. The van der Waals surface area contributed by atoms with Crippen molar-refractivity contribution in [3.63, 3.8) is 0 Å². The van der Waals surface area contributed by atoms with Crippen LogP contribution in [0.25, 0.3) is 0 Å². The number of anilines is 3. The number of halogens is 1. The van der Waals surface area contributed by atoms with Crippen molar-refractivity contribution in [2.45, 2.75) is 6.92 Å². The number of carbonyl (C=O) groups is 1. The summed E-state index contributed by atoms with van der Waals surface area (Å²) in [5.41, 5.74) is 13.7. The summed E-state index contributed by atoms with van der Waals surface area (Å²) >= 11 is 0. The van der Waals surface area contributed by atoms with Gasteiger partial charge in [0.1, 0.15) is 5.82 Å². The number of amides is 1. The molecule has 4 nitrogen and oxygen atoms in total. The van der Waals surface area contributed by atoms with Crippen molar-refractivity contribution in [1.82, 2.24) is 0 Å². The molecule has 0 atom stereocenters. The summed E-state index contributed by atoms with van der Waals surface area (Å²) in [6.45, 7) is 1.80. The van der Waals surface area contributed by atoms with Gasteiger partial charge in [0, 0.05) is 11.3 Å². The highest BCUT2D eigenvalue weighted by atomic mass is 19.1. The molecule has 2 aromatic carbocycles. The predicted molar refractivity (Wildman–Crippen MR) is 73.8 cm³/mol. The highest BCUT2D eigenvalue weighted by molar-refractivity contribution is 5.95. The number of hydrogen-bond donors (Lipinski definition) is 3. The van der Waals surface area contributed by atoms with Gasteiger partial charge in [-0.1, -0.05) is 0 Å². The molecule has 19 heavy (non-hydrogen) atoms. The van der Waals surface area contributed by atoms with E-state index in [1.807, 2.05) is 0 Å². The molecule has 2 rings (SSSR count). The molecule has 0 heterocycles. The van der Waals surface area contributed by atoms with Gasteiger partial charge in [0.15, 0.2) is 0 Å². The molecule has 1 amide bonds. The van der Waals surface area contributed by atoms with Crippen LogP contribution in [0.1, 0.15) is 15.9 Å². The Labute approximate surface area is 110 Å². The van der Waals surface area contributed by atoms with Crippen molar-refractivity contribution >= 4 is 23.0 Å². The van der Waals surface area contributed by atoms with Gasteiger partial charge >= 0.3 is 0 Å². The number of nitrogens with one attached hydrogen (secondary N) is 1. The van der Waals surface area contributed by atoms with Gasteiger partial charge in [-0.15, -0.1) is 0 Å². The van der Waals surface area contributed by atoms with Crippen molar-refractivity contribution in [3.8, 4) is 0 Å². The molecule has 0 saturated heterocycles. The quantitative estimate of drug-likeness (QED) is 0.741. The zero-order valence-corrected chi connectivity index (χ0v) is 10.4. The fourth-order valence-electron chi connectivity index (χ4n) is 1.79. The molecule has 98 valence electrons. The predicted octanol–water partition coefficient (Wildman–Crippen LogP) is 2.56. The fraction of sp³-hybridized carbons (Fsp3) is 0.0714. The molecule has 0 aliphatic rings. The van der Waals surface area contributed by atoms with E-state index in [0.29, 0.717) is 22.6 Å². The standard InChI is InChI=1S/C14H14FN3O/c1-8-4-10(15)7-11(5-8)18-13-3-2-9(14(17)19)6-12(13)16/h2-7,18H,16H2,1H3,(H2,17,19). The van der Waals surface area contributed by atoms with Gasteiger partial charge in [-0.25, -0.2) is 4.39 Å². The molecular formula is C14H14FN3O. The lowest BCUT2D eigenvalue weighted by atomic mass is 10.1. The summed E-state index contributed by atoms with van der Waals surface area (Å²) in [5, 5.41) is 3.00. The molecule has 0 saturated carbocycles. The lowest BCUT2D eigenvalue weighted by Gasteiger charge is -2.11. The average molecular weight is 259 g/mol. The van der Waals surface area contributed by atoms with Crippen LogP contribution in [-0.2, 0) is 0 Å². The van der Waals surface area contributed by atoms with Gasteiger partial charge in [0.2, 0.25) is 5.91 Å². The number of nitrogens with two attached hydrogens (primary N) is 2. The largest absolute Gasteiger partial charge is 0.397 e. The Morgan fingerprint density at radius 2 is 1.95 bits per heavy atom. The number of benzene rings is 2. The van der Waals surface area contributed by atoms with E-state index in [9.17, 15) is 9.18 Å². The van der Waals surface area contributed by atoms with Crippen molar-refractivity contribution in [1.29, 1.82) is 0 Å². The minimum atomic E-state index is -0.542. The third-order valence-electron chi connectivity index (χ3n) is 2.66. The van der Waals surface area contributed by atoms with Crippen LogP contribution in [0.5, 0.6) is 0 Å². The summed E-state index contributed by atoms with van der Waals surface area (Å²) < 4.78 is 13.3. The molecule has 0 bridgehead atoms. The van der Waals surface area contributed by atoms with Crippen LogP contribution >= 0.6 is 0 Å². The lowest BCUT2D eigenvalue weighted by molar-refractivity contribution is 0.100. The van der Waals surface area contributed by atoms with Crippen molar-refractivity contribution < 1.29 is 9.18 Å². The van der Waals surface area contributed by atoms with E-state index in [1.54, 1.807) is 25.1 Å². The molecule has 0 aliphatic heterocycles. The molecule has 0 aliphatic carbocycles. The number of primary amides is 1. The Balaban J connectivity index is 2.30. The monoisotopic (exact) mass is 259 g/mol. The first-order valence-corrected chi connectivity index (χ1v) is 5.69. The van der Waals surface area contributed by atoms with E-state index < -0.39 is 5.91 Å². The SMILES string of the molecule is Cc1cc(F)cc(Nc2ccc(C(N)=O)cc2N)c1. The molecule has 5 N–H and O–H groups in total. The lowest BCUT2D eigenvalue weighted by Crippen LogP contribution is -2.11. The van der Waals surface area contributed by atoms with Gasteiger partial charge in [0.05, 0.1) is 11.4 Å². The second-order valence-electron chi connectivity index (χ2n) is 4.31. The molecular weight excluding hydrogens is 245 g/mol. The van der Waals surface area contributed by atoms with Crippen LogP contribution in [0.15, 0.2) is 36.4 Å². The van der Waals surface area contributed by atoms with Gasteiger partial charge < -0.3 is 16.8 Å². The highest BCUT2D eigenvalue weighted by Gasteiger charge is 2.06. The van der Waals surface area contributed by atoms with Crippen LogP contribution in [0, 0.1) is 12.7 Å². The van der Waals surface area contributed by atoms with Crippen LogP contribution in [0.4, 0.5) is 21.5 Å². The fourth-order valence-corrected chi connectivity index (χ4v) is 1.79. The zero-order valence-electron chi connectivity index (χ0n) is 10.4. The van der Waals surface area contributed by atoms with Gasteiger partial charge in [0.25, 0.3) is 0 Å². The first kappa shape index (κ1) is 12.9. The van der Waals surface area contributed by atoms with Crippen molar-refractivity contribution in [2.24, 2.45) is 5.73 Å². The summed E-state index contributed by atoms with van der Waals surface area (Å²) in [6.07, 6.45) is 0. The molecule has 0 unspecified atom stereocenters. The van der Waals surface area contributed by atoms with E-state index in [2.05, 4.69) is 5.32 Å². The minimum Gasteiger partial charge on any atom is -0.397 e. The third-order valence-corrected chi connectivity index (χ3v) is 2.66. The third kappa shape index (κ3) is 3.01. The van der Waals surface area contributed by atoms with Gasteiger partial charge in [-0.3, -0.25) is 4.79 Å². The zero-order chi connectivity index (χ0) is 14.0. The van der Waals surface area contributed by atoms with Crippen LogP contribution in [-0.4, -0.2) is 5.91 Å². The first-order chi connectivity index (χ1) is 8.95. The molecule has 0 fully saturated rings. The minimum absolute atomic E-state index is 0.324. The van der Waals surface area contributed by atoms with Gasteiger partial charge in [-0.05, 0) is 48.9 Å². The summed E-state index contributed by atoms with van der Waals surface area (Å²) in [5.74, 6) is -0.866. The maximum atomic E-state index is 13.3. The second-order valence-corrected chi connectivity index (χ2v) is 4.31. The molecule has 0 spiro atoms. The number of nitrogen functional groups attached to an aromatic ring is 1. The Kier molecular flexibility index (Phi) is 3.37. The normalized spacial score (nSPS) is 10.2. The van der Waals surface area contributed by atoms with Crippen molar-refractivity contribution in [3.05, 3.63) is 53.3 Å².